The number of ether oxygens (including phenoxy) is 1. The standard InChI is InChI=1S/C23H14Cl2N4O2/c24-16-5-3-6-17(25)21(16)22-28-19-9-8-15(11-20(19)29-22)31-23(30)27-14-10-13-4-1-2-7-18(13)26-12-14/h1-12H,(H,27,30)(H,28,29). The summed E-state index contributed by atoms with van der Waals surface area (Å²) in [6, 6.07) is 19.9. The molecule has 0 unspecified atom stereocenters. The van der Waals surface area contributed by atoms with Gasteiger partial charge in [0.2, 0.25) is 0 Å². The fraction of sp³-hybridized carbons (Fsp3) is 0. The zero-order chi connectivity index (χ0) is 21.4. The lowest BCUT2D eigenvalue weighted by Crippen LogP contribution is -2.16. The van der Waals surface area contributed by atoms with Crippen LogP contribution in [0.3, 0.4) is 0 Å². The summed E-state index contributed by atoms with van der Waals surface area (Å²) in [6.45, 7) is 0. The first kappa shape index (κ1) is 19.4. The lowest BCUT2D eigenvalue weighted by molar-refractivity contribution is 0.215. The first-order chi connectivity index (χ1) is 15.1. The van der Waals surface area contributed by atoms with Gasteiger partial charge in [-0.2, -0.15) is 0 Å². The first-order valence-corrected chi connectivity index (χ1v) is 10.1. The third-order valence-electron chi connectivity index (χ3n) is 4.70. The van der Waals surface area contributed by atoms with Crippen LogP contribution in [0.1, 0.15) is 0 Å². The number of pyridine rings is 1. The number of fused-ring (bicyclic) bond motifs is 2. The van der Waals surface area contributed by atoms with E-state index in [-0.39, 0.29) is 0 Å². The van der Waals surface area contributed by atoms with Crippen molar-refractivity contribution in [2.24, 2.45) is 0 Å². The molecule has 0 aliphatic rings. The van der Waals surface area contributed by atoms with Gasteiger partial charge in [0.05, 0.1) is 44.0 Å². The van der Waals surface area contributed by atoms with Crippen molar-refractivity contribution in [1.29, 1.82) is 0 Å². The molecule has 31 heavy (non-hydrogen) atoms. The van der Waals surface area contributed by atoms with E-state index in [1.54, 1.807) is 42.6 Å². The monoisotopic (exact) mass is 448 g/mol. The average molecular weight is 449 g/mol. The van der Waals surface area contributed by atoms with E-state index in [0.717, 1.165) is 10.9 Å². The van der Waals surface area contributed by atoms with Crippen LogP contribution in [0.4, 0.5) is 10.5 Å². The Kier molecular flexibility index (Phi) is 4.94. The summed E-state index contributed by atoms with van der Waals surface area (Å²) < 4.78 is 5.42. The van der Waals surface area contributed by atoms with Crippen LogP contribution >= 0.6 is 23.2 Å². The fourth-order valence-electron chi connectivity index (χ4n) is 3.28. The molecule has 0 aliphatic carbocycles. The Morgan fingerprint density at radius 2 is 1.74 bits per heavy atom. The smallest absolute Gasteiger partial charge is 0.410 e. The number of halogens is 2. The van der Waals surface area contributed by atoms with Crippen molar-refractivity contribution < 1.29 is 9.53 Å². The third-order valence-corrected chi connectivity index (χ3v) is 5.33. The van der Waals surface area contributed by atoms with Gasteiger partial charge in [0, 0.05) is 11.5 Å². The van der Waals surface area contributed by atoms with Crippen LogP contribution in [0, 0.1) is 0 Å². The van der Waals surface area contributed by atoms with Crippen LogP contribution in [-0.2, 0) is 0 Å². The zero-order valence-corrected chi connectivity index (χ0v) is 17.4. The highest BCUT2D eigenvalue weighted by Crippen LogP contribution is 2.34. The predicted molar refractivity (Wildman–Crippen MR) is 123 cm³/mol. The molecule has 0 saturated heterocycles. The Bertz CT molecular complexity index is 1430. The molecular weight excluding hydrogens is 435 g/mol. The minimum absolute atomic E-state index is 0.360. The van der Waals surface area contributed by atoms with Crippen LogP contribution in [0.25, 0.3) is 33.3 Å². The molecule has 152 valence electrons. The quantitative estimate of drug-likeness (QED) is 0.321. The number of aromatic nitrogens is 3. The largest absolute Gasteiger partial charge is 0.417 e. The highest BCUT2D eigenvalue weighted by molar-refractivity contribution is 6.39. The molecule has 0 aliphatic heterocycles. The highest BCUT2D eigenvalue weighted by atomic mass is 35.5. The molecule has 0 spiro atoms. The van der Waals surface area contributed by atoms with E-state index in [2.05, 4.69) is 20.3 Å². The normalized spacial score (nSPS) is 11.0. The number of carbonyl (C=O) groups is 1. The second-order valence-corrected chi connectivity index (χ2v) is 7.61. The number of benzene rings is 3. The predicted octanol–water partition coefficient (Wildman–Crippen LogP) is 6.70. The molecule has 0 bridgehead atoms. The van der Waals surface area contributed by atoms with E-state index < -0.39 is 6.09 Å². The molecular formula is C23H14Cl2N4O2. The van der Waals surface area contributed by atoms with Gasteiger partial charge in [-0.3, -0.25) is 10.3 Å². The van der Waals surface area contributed by atoms with Crippen molar-refractivity contribution in [2.75, 3.05) is 5.32 Å². The maximum absolute atomic E-state index is 12.3. The van der Waals surface area contributed by atoms with Crippen LogP contribution in [0.15, 0.2) is 72.9 Å². The number of nitrogens with one attached hydrogen (secondary N) is 2. The summed E-state index contributed by atoms with van der Waals surface area (Å²) in [6.07, 6.45) is 0.965. The molecule has 0 atom stereocenters. The average Bonchev–Trinajstić information content (AvgIpc) is 3.16. The lowest BCUT2D eigenvalue weighted by Gasteiger charge is -2.07. The van der Waals surface area contributed by atoms with Crippen LogP contribution in [-0.4, -0.2) is 21.0 Å². The van der Waals surface area contributed by atoms with Gasteiger partial charge in [-0.05, 0) is 36.4 Å². The highest BCUT2D eigenvalue weighted by Gasteiger charge is 2.14. The number of aromatic amines is 1. The van der Waals surface area contributed by atoms with Gasteiger partial charge in [0.25, 0.3) is 0 Å². The van der Waals surface area contributed by atoms with E-state index in [1.165, 1.54) is 0 Å². The second kappa shape index (κ2) is 7.91. The summed E-state index contributed by atoms with van der Waals surface area (Å²) in [5.41, 5.74) is 3.38. The molecule has 5 rings (SSSR count). The number of carbonyl (C=O) groups excluding carboxylic acids is 1. The SMILES string of the molecule is O=C(Nc1cnc2ccccc2c1)Oc1ccc2nc(-c3c(Cl)cccc3Cl)[nH]c2c1. The van der Waals surface area contributed by atoms with Crippen molar-refractivity contribution in [2.45, 2.75) is 0 Å². The molecule has 8 heteroatoms. The van der Waals surface area contributed by atoms with Gasteiger partial charge in [0.15, 0.2) is 0 Å². The molecule has 3 aromatic carbocycles. The molecule has 1 amide bonds. The number of H-pyrrole nitrogens is 1. The maximum atomic E-state index is 12.3. The second-order valence-electron chi connectivity index (χ2n) is 6.79. The molecule has 6 nitrogen and oxygen atoms in total. The van der Waals surface area contributed by atoms with E-state index in [0.29, 0.717) is 43.9 Å². The van der Waals surface area contributed by atoms with E-state index in [4.69, 9.17) is 27.9 Å². The van der Waals surface area contributed by atoms with E-state index in [1.807, 2.05) is 30.3 Å². The lowest BCUT2D eigenvalue weighted by atomic mass is 10.2. The molecule has 2 heterocycles. The van der Waals surface area contributed by atoms with Crippen molar-refractivity contribution in [3.05, 3.63) is 83.0 Å². The Hall–Kier alpha value is -3.61. The van der Waals surface area contributed by atoms with Crippen molar-refractivity contribution in [1.82, 2.24) is 15.0 Å². The summed E-state index contributed by atoms with van der Waals surface area (Å²) in [5.74, 6) is 0.897. The minimum Gasteiger partial charge on any atom is -0.410 e. The summed E-state index contributed by atoms with van der Waals surface area (Å²) >= 11 is 12.6. The summed E-state index contributed by atoms with van der Waals surface area (Å²) in [4.78, 5) is 24.4. The number of nitrogens with zero attached hydrogens (tertiary/aromatic N) is 2. The van der Waals surface area contributed by atoms with Crippen molar-refractivity contribution in [3.8, 4) is 17.1 Å². The number of rotatable bonds is 3. The first-order valence-electron chi connectivity index (χ1n) is 9.34. The van der Waals surface area contributed by atoms with Gasteiger partial charge in [-0.25, -0.2) is 9.78 Å². The number of anilines is 1. The molecule has 2 aromatic heterocycles. The Morgan fingerprint density at radius 1 is 0.935 bits per heavy atom. The Labute approximate surface area is 186 Å². The topological polar surface area (TPSA) is 79.9 Å². The number of hydrogen-bond donors (Lipinski definition) is 2. The van der Waals surface area contributed by atoms with Gasteiger partial charge in [-0.15, -0.1) is 0 Å². The molecule has 0 fully saturated rings. The fourth-order valence-corrected chi connectivity index (χ4v) is 3.86. The van der Waals surface area contributed by atoms with Crippen LogP contribution < -0.4 is 10.1 Å². The summed E-state index contributed by atoms with van der Waals surface area (Å²) in [7, 11) is 0. The molecule has 5 aromatic rings. The Morgan fingerprint density at radius 3 is 2.58 bits per heavy atom. The van der Waals surface area contributed by atoms with Gasteiger partial charge < -0.3 is 9.72 Å². The van der Waals surface area contributed by atoms with Crippen LogP contribution in [0.2, 0.25) is 10.0 Å². The number of imidazole rings is 1. The number of amides is 1. The Balaban J connectivity index is 1.37. The van der Waals surface area contributed by atoms with E-state index >= 15 is 0 Å². The third kappa shape index (κ3) is 3.91. The molecule has 0 saturated carbocycles. The van der Waals surface area contributed by atoms with Gasteiger partial charge in [-0.1, -0.05) is 47.5 Å². The van der Waals surface area contributed by atoms with Crippen LogP contribution in [0.5, 0.6) is 5.75 Å². The maximum Gasteiger partial charge on any atom is 0.417 e. The van der Waals surface area contributed by atoms with Crippen molar-refractivity contribution >= 4 is 56.9 Å². The van der Waals surface area contributed by atoms with E-state index in [9.17, 15) is 4.79 Å². The van der Waals surface area contributed by atoms with Crippen molar-refractivity contribution in [3.63, 3.8) is 0 Å². The molecule has 2 N–H and O–H groups in total. The number of hydrogen-bond acceptors (Lipinski definition) is 4. The minimum atomic E-state index is -0.620. The van der Waals surface area contributed by atoms with Gasteiger partial charge in [0.1, 0.15) is 11.6 Å². The number of para-hydroxylation sites is 1. The zero-order valence-electron chi connectivity index (χ0n) is 15.9. The molecule has 0 radical (unpaired) electrons. The van der Waals surface area contributed by atoms with Gasteiger partial charge >= 0.3 is 6.09 Å². The summed E-state index contributed by atoms with van der Waals surface area (Å²) in [5, 5.41) is 4.60.